The van der Waals surface area contributed by atoms with Gasteiger partial charge < -0.3 is 9.47 Å². The topological polar surface area (TPSA) is 34.6 Å². The summed E-state index contributed by atoms with van der Waals surface area (Å²) < 4.78 is 11.2. The van der Waals surface area contributed by atoms with Crippen molar-refractivity contribution < 1.29 is 9.47 Å². The third-order valence-electron chi connectivity index (χ3n) is 3.88. The highest BCUT2D eigenvalue weighted by Gasteiger charge is 2.09. The number of hydrogen-bond acceptors (Lipinski definition) is 4. The number of morpholine rings is 1. The molecule has 1 aromatic carbocycles. The third kappa shape index (κ3) is 4.09. The zero-order chi connectivity index (χ0) is 15.2. The molecule has 1 aliphatic rings. The molecular formula is C17H21BN2O2. The molecular weight excluding hydrogens is 275 g/mol. The SMILES string of the molecule is Bc1ccc(-c2ccc(OCCN3CCOCC3)cc2)cn1. The molecule has 1 aromatic heterocycles. The zero-order valence-corrected chi connectivity index (χ0v) is 13.0. The van der Waals surface area contributed by atoms with Gasteiger partial charge in [-0.25, -0.2) is 0 Å². The van der Waals surface area contributed by atoms with Crippen molar-refractivity contribution in [1.82, 2.24) is 9.88 Å². The average molecular weight is 296 g/mol. The second-order valence-electron chi connectivity index (χ2n) is 5.52. The molecule has 114 valence electrons. The number of ether oxygens (including phenoxy) is 2. The van der Waals surface area contributed by atoms with Gasteiger partial charge in [-0.05, 0) is 28.9 Å². The van der Waals surface area contributed by atoms with Crippen LogP contribution < -0.4 is 10.3 Å². The molecule has 0 aliphatic carbocycles. The Hall–Kier alpha value is -1.85. The van der Waals surface area contributed by atoms with Gasteiger partial charge in [0, 0.05) is 25.8 Å². The summed E-state index contributed by atoms with van der Waals surface area (Å²) in [6, 6.07) is 12.3. The number of hydrogen-bond donors (Lipinski definition) is 0. The number of rotatable bonds is 5. The molecule has 1 saturated heterocycles. The van der Waals surface area contributed by atoms with E-state index in [9.17, 15) is 0 Å². The largest absolute Gasteiger partial charge is 0.492 e. The molecule has 22 heavy (non-hydrogen) atoms. The van der Waals surface area contributed by atoms with Crippen molar-refractivity contribution in [2.75, 3.05) is 39.5 Å². The summed E-state index contributed by atoms with van der Waals surface area (Å²) in [5.74, 6) is 0.914. The lowest BCUT2D eigenvalue weighted by Gasteiger charge is -2.26. The molecule has 0 N–H and O–H groups in total. The van der Waals surface area contributed by atoms with E-state index < -0.39 is 0 Å². The van der Waals surface area contributed by atoms with E-state index in [1.54, 1.807) is 0 Å². The van der Waals surface area contributed by atoms with E-state index in [2.05, 4.69) is 28.1 Å². The highest BCUT2D eigenvalue weighted by molar-refractivity contribution is 6.30. The first-order valence-electron chi connectivity index (χ1n) is 7.77. The summed E-state index contributed by atoms with van der Waals surface area (Å²) >= 11 is 0. The van der Waals surface area contributed by atoms with Crippen molar-refractivity contribution in [1.29, 1.82) is 0 Å². The van der Waals surface area contributed by atoms with Gasteiger partial charge in [0.15, 0.2) is 7.85 Å². The molecule has 0 unspecified atom stereocenters. The summed E-state index contributed by atoms with van der Waals surface area (Å²) in [6.45, 7) is 5.34. The van der Waals surface area contributed by atoms with Crippen LogP contribution in [0.25, 0.3) is 11.1 Å². The molecule has 4 nitrogen and oxygen atoms in total. The van der Waals surface area contributed by atoms with Crippen LogP contribution in [0.4, 0.5) is 0 Å². The van der Waals surface area contributed by atoms with Crippen molar-refractivity contribution in [2.45, 2.75) is 0 Å². The molecule has 2 aromatic rings. The van der Waals surface area contributed by atoms with Crippen molar-refractivity contribution in [3.05, 3.63) is 42.6 Å². The zero-order valence-electron chi connectivity index (χ0n) is 13.0. The van der Waals surface area contributed by atoms with Gasteiger partial charge in [0.25, 0.3) is 0 Å². The second kappa shape index (κ2) is 7.43. The molecule has 0 radical (unpaired) electrons. The van der Waals surface area contributed by atoms with E-state index in [4.69, 9.17) is 9.47 Å². The average Bonchev–Trinajstić information content (AvgIpc) is 2.57. The van der Waals surface area contributed by atoms with Crippen LogP contribution >= 0.6 is 0 Å². The fourth-order valence-corrected chi connectivity index (χ4v) is 2.50. The highest BCUT2D eigenvalue weighted by Crippen LogP contribution is 2.21. The minimum Gasteiger partial charge on any atom is -0.492 e. The summed E-state index contributed by atoms with van der Waals surface area (Å²) in [7, 11) is 2.00. The standard InChI is InChI=1S/C17H21BN2O2/c18-17-6-3-15(13-19-17)14-1-4-16(5-2-14)22-12-9-20-7-10-21-11-8-20/h1-6,13H,7-12,18H2. The molecule has 0 amide bonds. The molecule has 2 heterocycles. The van der Waals surface area contributed by atoms with E-state index in [0.29, 0.717) is 6.61 Å². The molecule has 0 bridgehead atoms. The summed E-state index contributed by atoms with van der Waals surface area (Å²) in [5, 5.41) is 0. The van der Waals surface area contributed by atoms with Gasteiger partial charge in [0.05, 0.1) is 13.2 Å². The lowest BCUT2D eigenvalue weighted by Crippen LogP contribution is -2.38. The molecule has 3 rings (SSSR count). The van der Waals surface area contributed by atoms with Crippen molar-refractivity contribution in [2.24, 2.45) is 0 Å². The lowest BCUT2D eigenvalue weighted by atomic mass is 10.0. The monoisotopic (exact) mass is 296 g/mol. The van der Waals surface area contributed by atoms with Crippen LogP contribution in [0.1, 0.15) is 0 Å². The van der Waals surface area contributed by atoms with Gasteiger partial charge in [0.1, 0.15) is 12.4 Å². The van der Waals surface area contributed by atoms with Gasteiger partial charge in [-0.3, -0.25) is 9.88 Å². The van der Waals surface area contributed by atoms with Gasteiger partial charge in [-0.15, -0.1) is 0 Å². The van der Waals surface area contributed by atoms with Gasteiger partial charge in [-0.2, -0.15) is 0 Å². The highest BCUT2D eigenvalue weighted by atomic mass is 16.5. The minimum absolute atomic E-state index is 0.714. The van der Waals surface area contributed by atoms with Crippen molar-refractivity contribution in [3.8, 4) is 16.9 Å². The van der Waals surface area contributed by atoms with E-state index >= 15 is 0 Å². The predicted octanol–water partition coefficient (Wildman–Crippen LogP) is 0.718. The first kappa shape index (κ1) is 15.1. The van der Waals surface area contributed by atoms with Crippen LogP contribution in [0.3, 0.4) is 0 Å². The maximum absolute atomic E-state index is 5.82. The Morgan fingerprint density at radius 2 is 1.77 bits per heavy atom. The predicted molar refractivity (Wildman–Crippen MR) is 90.6 cm³/mol. The van der Waals surface area contributed by atoms with Gasteiger partial charge in [-0.1, -0.05) is 24.3 Å². The first-order chi connectivity index (χ1) is 10.8. The summed E-state index contributed by atoms with van der Waals surface area (Å²) in [5.41, 5.74) is 3.32. The fraction of sp³-hybridized carbons (Fsp3) is 0.353. The third-order valence-corrected chi connectivity index (χ3v) is 3.88. The number of benzene rings is 1. The van der Waals surface area contributed by atoms with Crippen LogP contribution in [-0.4, -0.2) is 57.2 Å². The lowest BCUT2D eigenvalue weighted by molar-refractivity contribution is 0.0322. The summed E-state index contributed by atoms with van der Waals surface area (Å²) in [6.07, 6.45) is 1.91. The minimum atomic E-state index is 0.714. The van der Waals surface area contributed by atoms with Gasteiger partial charge >= 0.3 is 0 Å². The van der Waals surface area contributed by atoms with Crippen LogP contribution in [-0.2, 0) is 4.74 Å². The maximum Gasteiger partial charge on any atom is 0.163 e. The first-order valence-corrected chi connectivity index (χ1v) is 7.77. The Morgan fingerprint density at radius 1 is 1.05 bits per heavy atom. The molecule has 5 heteroatoms. The van der Waals surface area contributed by atoms with Crippen LogP contribution in [0.5, 0.6) is 5.75 Å². The maximum atomic E-state index is 5.82. The Morgan fingerprint density at radius 3 is 2.45 bits per heavy atom. The number of pyridine rings is 1. The van der Waals surface area contributed by atoms with E-state index in [0.717, 1.165) is 55.3 Å². The van der Waals surface area contributed by atoms with Gasteiger partial charge in [0.2, 0.25) is 0 Å². The Bertz CT molecular complexity index is 581. The number of nitrogens with zero attached hydrogens (tertiary/aromatic N) is 2. The normalized spacial score (nSPS) is 15.6. The quantitative estimate of drug-likeness (QED) is 0.762. The number of aromatic nitrogens is 1. The molecule has 0 atom stereocenters. The Kier molecular flexibility index (Phi) is 5.09. The molecule has 1 fully saturated rings. The molecule has 0 saturated carbocycles. The molecule has 0 spiro atoms. The van der Waals surface area contributed by atoms with E-state index in [1.165, 1.54) is 0 Å². The summed E-state index contributed by atoms with van der Waals surface area (Å²) in [4.78, 5) is 6.70. The van der Waals surface area contributed by atoms with E-state index in [1.807, 2.05) is 32.2 Å². The molecule has 1 aliphatic heterocycles. The van der Waals surface area contributed by atoms with Crippen LogP contribution in [0, 0.1) is 0 Å². The van der Waals surface area contributed by atoms with Crippen LogP contribution in [0.2, 0.25) is 0 Å². The van der Waals surface area contributed by atoms with E-state index in [-0.39, 0.29) is 0 Å². The van der Waals surface area contributed by atoms with Crippen molar-refractivity contribution in [3.63, 3.8) is 0 Å². The van der Waals surface area contributed by atoms with Crippen molar-refractivity contribution >= 4 is 13.4 Å². The fourth-order valence-electron chi connectivity index (χ4n) is 2.50. The van der Waals surface area contributed by atoms with Crippen LogP contribution in [0.15, 0.2) is 42.6 Å². The Labute approximate surface area is 132 Å². The Balaban J connectivity index is 1.51. The second-order valence-corrected chi connectivity index (χ2v) is 5.52. The smallest absolute Gasteiger partial charge is 0.163 e.